The van der Waals surface area contributed by atoms with Gasteiger partial charge in [0.25, 0.3) is 0 Å². The van der Waals surface area contributed by atoms with E-state index in [2.05, 4.69) is 72.4 Å². The van der Waals surface area contributed by atoms with Crippen LogP contribution in [0.2, 0.25) is 0 Å². The summed E-state index contributed by atoms with van der Waals surface area (Å²) in [5.74, 6) is -12.0. The maximum atomic E-state index is 13.6. The molecule has 7 atom stereocenters. The number of carboxylic acid groups (broad SMARTS) is 3. The van der Waals surface area contributed by atoms with Crippen molar-refractivity contribution in [1.82, 2.24) is 47.2 Å². The quantitative estimate of drug-likeness (QED) is 0.0370. The van der Waals surface area contributed by atoms with E-state index in [4.69, 9.17) is 5.73 Å². The molecule has 1 aromatic carbocycles. The largest absolute Gasteiger partial charge is 0.508 e. The molecule has 0 aliphatic carbocycles. The minimum absolute atomic E-state index is 0.00762. The number of carbonyl (C=O) groups is 10. The molecule has 24 nitrogen and oxygen atoms in total. The van der Waals surface area contributed by atoms with E-state index < -0.39 is 127 Å². The number of hydrogen-bond acceptors (Lipinski definition) is 15. The molecule has 2 aromatic rings. The molecule has 0 saturated carbocycles. The van der Waals surface area contributed by atoms with Crippen molar-refractivity contribution >= 4 is 84.5 Å². The highest BCUT2D eigenvalue weighted by atomic mass is 32.1. The average molecular weight is 939 g/mol. The van der Waals surface area contributed by atoms with Crippen molar-refractivity contribution in [3.63, 3.8) is 0 Å². The summed E-state index contributed by atoms with van der Waals surface area (Å²) in [4.78, 5) is 134. The van der Waals surface area contributed by atoms with Crippen molar-refractivity contribution < 1.29 is 68.4 Å². The molecule has 0 spiro atoms. The molecular weight excluding hydrogens is 885 g/mol. The summed E-state index contributed by atoms with van der Waals surface area (Å²) in [6.07, 6.45) is 0.240. The zero-order valence-corrected chi connectivity index (χ0v) is 36.5. The molecule has 0 unspecified atom stereocenters. The minimum Gasteiger partial charge on any atom is -0.508 e. The first kappa shape index (κ1) is 53.7. The summed E-state index contributed by atoms with van der Waals surface area (Å²) < 4.78 is 0. The predicted octanol–water partition coefficient (Wildman–Crippen LogP) is -3.42. The molecule has 2 rings (SSSR count). The van der Waals surface area contributed by atoms with Gasteiger partial charge in [-0.15, -0.1) is 0 Å². The van der Waals surface area contributed by atoms with Gasteiger partial charge in [-0.2, -0.15) is 25.3 Å². The number of nitrogens with zero attached hydrogens (tertiary/aromatic N) is 1. The molecule has 0 aliphatic rings. The third-order valence-electron chi connectivity index (χ3n) is 9.03. The van der Waals surface area contributed by atoms with E-state index in [9.17, 15) is 68.4 Å². The number of phenolic OH excluding ortho intramolecular Hbond substituents is 1. The van der Waals surface area contributed by atoms with E-state index in [-0.39, 0.29) is 42.4 Å². The Bertz CT molecular complexity index is 1950. The van der Waals surface area contributed by atoms with Gasteiger partial charge in [-0.1, -0.05) is 26.0 Å². The molecule has 14 N–H and O–H groups in total. The number of thiol groups is 2. The van der Waals surface area contributed by atoms with Crippen LogP contribution in [0.5, 0.6) is 5.75 Å². The third kappa shape index (κ3) is 19.3. The van der Waals surface area contributed by atoms with Crippen LogP contribution in [0, 0.1) is 5.92 Å². The number of carboxylic acids is 3. The molecule has 0 radical (unpaired) electrons. The standard InChI is InChI=1S/C38H54N10O14S2/c1-18(2)9-24(34(57)48-28(16-64)38(61)62)45-35(58)25(11-20-13-40-17-42-20)43-29(50)14-41-33(56)23(7-8-30(51)52)44-36(59)26(12-31(53)54)46-37(60)27(15-63)47-32(55)22(39)10-19-3-5-21(49)6-4-19/h3-6,13,17-18,22-28,49,63-64H,7-12,14-16,39H2,1-2H3,(H,40,42)(H,41,56)(H,43,50)(H,44,59)(H,45,58)(H,46,60)(H,47,55)(H,48,57)(H,51,52)(H,53,54)(H,61,62)/t22-,23-,24-,25-,26-,27-,28-/m0/s1. The van der Waals surface area contributed by atoms with Crippen LogP contribution < -0.4 is 43.0 Å². The zero-order chi connectivity index (χ0) is 48.1. The second kappa shape index (κ2) is 26.9. The van der Waals surface area contributed by atoms with Gasteiger partial charge in [-0.05, 0) is 42.9 Å². The van der Waals surface area contributed by atoms with E-state index in [1.807, 2.05) is 0 Å². The summed E-state index contributed by atoms with van der Waals surface area (Å²) in [5.41, 5.74) is 6.94. The van der Waals surface area contributed by atoms with Gasteiger partial charge in [0.15, 0.2) is 0 Å². The molecule has 1 heterocycles. The summed E-state index contributed by atoms with van der Waals surface area (Å²) >= 11 is 8.00. The fraction of sp³-hybridized carbons (Fsp3) is 0.500. The number of imidazole rings is 1. The van der Waals surface area contributed by atoms with Crippen LogP contribution in [0.4, 0.5) is 0 Å². The van der Waals surface area contributed by atoms with Crippen LogP contribution in [0.15, 0.2) is 36.8 Å². The first-order chi connectivity index (χ1) is 30.1. The van der Waals surface area contributed by atoms with Crippen LogP contribution in [-0.4, -0.2) is 150 Å². The number of aromatic nitrogens is 2. The Labute approximate surface area is 377 Å². The Morgan fingerprint density at radius 2 is 1.22 bits per heavy atom. The number of phenols is 1. The second-order valence-corrected chi connectivity index (χ2v) is 15.5. The smallest absolute Gasteiger partial charge is 0.327 e. The first-order valence-corrected chi connectivity index (χ1v) is 20.9. The van der Waals surface area contributed by atoms with Crippen LogP contribution in [0.1, 0.15) is 50.8 Å². The van der Waals surface area contributed by atoms with Gasteiger partial charge in [-0.25, -0.2) is 9.78 Å². The van der Waals surface area contributed by atoms with E-state index in [0.29, 0.717) is 11.3 Å². The molecule has 352 valence electrons. The van der Waals surface area contributed by atoms with E-state index in [1.54, 1.807) is 13.8 Å². The number of aromatic hydroxyl groups is 1. The fourth-order valence-corrected chi connectivity index (χ4v) is 6.22. The number of H-pyrrole nitrogens is 1. The summed E-state index contributed by atoms with van der Waals surface area (Å²) in [6, 6.07) is -4.38. The van der Waals surface area contributed by atoms with Gasteiger partial charge in [0.1, 0.15) is 42.0 Å². The lowest BCUT2D eigenvalue weighted by atomic mass is 10.0. The van der Waals surface area contributed by atoms with Gasteiger partial charge in [0, 0.05) is 36.2 Å². The number of hydrogen-bond donors (Lipinski definition) is 15. The third-order valence-corrected chi connectivity index (χ3v) is 9.76. The van der Waals surface area contributed by atoms with Crippen molar-refractivity contribution in [1.29, 1.82) is 0 Å². The molecule has 0 aliphatic heterocycles. The maximum absolute atomic E-state index is 13.6. The van der Waals surface area contributed by atoms with Gasteiger partial charge >= 0.3 is 17.9 Å². The Kier molecular flexibility index (Phi) is 22.6. The lowest BCUT2D eigenvalue weighted by molar-refractivity contribution is -0.142. The lowest BCUT2D eigenvalue weighted by Gasteiger charge is -2.25. The summed E-state index contributed by atoms with van der Waals surface area (Å²) in [6.45, 7) is 2.65. The molecule has 64 heavy (non-hydrogen) atoms. The number of carbonyl (C=O) groups excluding carboxylic acids is 7. The fourth-order valence-electron chi connectivity index (χ4n) is 5.71. The Morgan fingerprint density at radius 1 is 0.672 bits per heavy atom. The molecule has 0 saturated heterocycles. The molecule has 7 amide bonds. The number of aromatic amines is 1. The van der Waals surface area contributed by atoms with Crippen LogP contribution in [0.3, 0.4) is 0 Å². The SMILES string of the molecule is CC(C)C[C@H](NC(=O)[C@H](Cc1cnc[nH]1)NC(=O)CNC(=O)[C@H](CCC(=O)O)NC(=O)[C@H](CC(=O)O)NC(=O)[C@H](CS)NC(=O)[C@@H](N)Cc1ccc(O)cc1)C(=O)N[C@@H](CS)C(=O)O. The number of amides is 7. The number of benzene rings is 1. The number of rotatable bonds is 28. The zero-order valence-electron chi connectivity index (χ0n) is 34.7. The van der Waals surface area contributed by atoms with Crippen molar-refractivity contribution in [3.8, 4) is 5.75 Å². The summed E-state index contributed by atoms with van der Waals surface area (Å²) in [5, 5.41) is 53.9. The first-order valence-electron chi connectivity index (χ1n) is 19.6. The maximum Gasteiger partial charge on any atom is 0.327 e. The van der Waals surface area contributed by atoms with Crippen molar-refractivity contribution in [3.05, 3.63) is 48.0 Å². The predicted molar refractivity (Wildman–Crippen MR) is 231 cm³/mol. The summed E-state index contributed by atoms with van der Waals surface area (Å²) in [7, 11) is 0. The van der Waals surface area contributed by atoms with E-state index in [1.165, 1.54) is 36.8 Å². The van der Waals surface area contributed by atoms with Crippen molar-refractivity contribution in [2.75, 3.05) is 18.1 Å². The highest BCUT2D eigenvalue weighted by molar-refractivity contribution is 7.80. The van der Waals surface area contributed by atoms with E-state index >= 15 is 0 Å². The number of aliphatic carboxylic acids is 3. The van der Waals surface area contributed by atoms with Crippen molar-refractivity contribution in [2.24, 2.45) is 11.7 Å². The Balaban J connectivity index is 2.19. The van der Waals surface area contributed by atoms with Crippen LogP contribution in [0.25, 0.3) is 0 Å². The second-order valence-electron chi connectivity index (χ2n) is 14.8. The lowest BCUT2D eigenvalue weighted by Crippen LogP contribution is -2.59. The highest BCUT2D eigenvalue weighted by Crippen LogP contribution is 2.12. The molecule has 26 heteroatoms. The number of nitrogens with two attached hydrogens (primary N) is 1. The van der Waals surface area contributed by atoms with Gasteiger partial charge in [0.2, 0.25) is 41.4 Å². The molecule has 0 bridgehead atoms. The molecular formula is C38H54N10O14S2. The Hall–Kier alpha value is -6.41. The van der Waals surface area contributed by atoms with Gasteiger partial charge < -0.3 is 68.4 Å². The molecule has 0 fully saturated rings. The Morgan fingerprint density at radius 3 is 1.77 bits per heavy atom. The van der Waals surface area contributed by atoms with Gasteiger partial charge in [-0.3, -0.25) is 43.2 Å². The topological polar surface area (TPSA) is 391 Å². The van der Waals surface area contributed by atoms with E-state index in [0.717, 1.165) is 0 Å². The van der Waals surface area contributed by atoms with Gasteiger partial charge in [0.05, 0.1) is 25.3 Å². The normalized spacial score (nSPS) is 14.2. The average Bonchev–Trinajstić information content (AvgIpc) is 3.74. The van der Waals surface area contributed by atoms with Crippen molar-refractivity contribution in [2.45, 2.75) is 94.7 Å². The van der Waals surface area contributed by atoms with Crippen LogP contribution in [-0.2, 0) is 60.8 Å². The minimum atomic E-state index is -1.88. The van der Waals surface area contributed by atoms with Crippen LogP contribution >= 0.6 is 25.3 Å². The molecule has 1 aromatic heterocycles. The highest BCUT2D eigenvalue weighted by Gasteiger charge is 2.33. The number of nitrogens with one attached hydrogen (secondary N) is 8. The monoisotopic (exact) mass is 938 g/mol.